The number of piperidine rings is 1. The van der Waals surface area contributed by atoms with Gasteiger partial charge in [-0.05, 0) is 75.1 Å². The van der Waals surface area contributed by atoms with Crippen molar-refractivity contribution < 1.29 is 4.79 Å². The van der Waals surface area contributed by atoms with Crippen molar-refractivity contribution in [2.45, 2.75) is 38.6 Å². The number of anilines is 1. The van der Waals surface area contributed by atoms with Gasteiger partial charge in [-0.25, -0.2) is 4.98 Å². The summed E-state index contributed by atoms with van der Waals surface area (Å²) in [5, 5.41) is 4.22. The van der Waals surface area contributed by atoms with Crippen molar-refractivity contribution in [2.75, 3.05) is 29.9 Å². The fraction of sp³-hybridized carbons (Fsp3) is 0.600. The van der Waals surface area contributed by atoms with Gasteiger partial charge < -0.3 is 5.32 Å². The molecule has 1 aliphatic carbocycles. The van der Waals surface area contributed by atoms with E-state index in [4.69, 9.17) is 0 Å². The van der Waals surface area contributed by atoms with Gasteiger partial charge in [0.2, 0.25) is 5.91 Å². The van der Waals surface area contributed by atoms with Crippen molar-refractivity contribution in [2.24, 2.45) is 11.3 Å². The number of rotatable bonds is 3. The van der Waals surface area contributed by atoms with E-state index in [1.54, 1.807) is 11.3 Å². The number of carbonyl (C=O) groups is 1. The molecule has 1 amide bonds. The first-order chi connectivity index (χ1) is 12.6. The van der Waals surface area contributed by atoms with Crippen molar-refractivity contribution in [3.05, 3.63) is 23.2 Å². The number of fused-ring (bicyclic) bond motifs is 1. The molecule has 5 rings (SSSR count). The molecule has 1 aromatic heterocycles. The molecular formula is C20H25N3OS2. The highest BCUT2D eigenvalue weighted by Crippen LogP contribution is 2.60. The molecule has 0 radical (unpaired) electrons. The van der Waals surface area contributed by atoms with Gasteiger partial charge in [0.1, 0.15) is 0 Å². The van der Waals surface area contributed by atoms with Gasteiger partial charge in [-0.2, -0.15) is 11.8 Å². The zero-order valence-electron chi connectivity index (χ0n) is 15.2. The summed E-state index contributed by atoms with van der Waals surface area (Å²) in [7, 11) is 0. The fourth-order valence-electron chi connectivity index (χ4n) is 4.77. The standard InChI is InChI=1S/C20H25N3OS2/c1-13-21-17-10-14(2-3-18(17)26-13)22-19(24)16-11-20(16)5-7-23(8-6-20)15-4-9-25-12-15/h2-3,10,15-16H,4-9,11-12H2,1H3,(H,22,24). The van der Waals surface area contributed by atoms with E-state index in [0.29, 0.717) is 0 Å². The minimum Gasteiger partial charge on any atom is -0.326 e. The normalized spacial score (nSPS) is 27.9. The van der Waals surface area contributed by atoms with Crippen LogP contribution >= 0.6 is 23.1 Å². The highest BCUT2D eigenvalue weighted by Gasteiger charge is 2.58. The van der Waals surface area contributed by atoms with Gasteiger partial charge in [-0.15, -0.1) is 11.3 Å². The van der Waals surface area contributed by atoms with Crippen molar-refractivity contribution in [3.63, 3.8) is 0 Å². The Morgan fingerprint density at radius 3 is 2.96 bits per heavy atom. The topological polar surface area (TPSA) is 45.2 Å². The van der Waals surface area contributed by atoms with Crippen LogP contribution in [0, 0.1) is 18.3 Å². The van der Waals surface area contributed by atoms with Crippen LogP contribution < -0.4 is 5.32 Å². The Balaban J connectivity index is 1.20. The number of hydrogen-bond donors (Lipinski definition) is 1. The molecule has 2 atom stereocenters. The van der Waals surface area contributed by atoms with Crippen molar-refractivity contribution in [1.29, 1.82) is 0 Å². The predicted octanol–water partition coefficient (Wildman–Crippen LogP) is 4.15. The third-order valence-electron chi connectivity index (χ3n) is 6.48. The maximum absolute atomic E-state index is 12.8. The molecule has 3 heterocycles. The predicted molar refractivity (Wildman–Crippen MR) is 110 cm³/mol. The summed E-state index contributed by atoms with van der Waals surface area (Å²) in [6, 6.07) is 6.87. The summed E-state index contributed by atoms with van der Waals surface area (Å²) in [6.07, 6.45) is 4.80. The molecule has 1 saturated carbocycles. The Hall–Kier alpha value is -1.11. The molecule has 2 aromatic rings. The minimum atomic E-state index is 0.204. The number of carbonyl (C=O) groups excluding carboxylic acids is 1. The van der Waals surface area contributed by atoms with Gasteiger partial charge in [0.25, 0.3) is 0 Å². The molecule has 1 N–H and O–H groups in total. The van der Waals surface area contributed by atoms with E-state index < -0.39 is 0 Å². The summed E-state index contributed by atoms with van der Waals surface area (Å²) in [4.78, 5) is 20.0. The lowest BCUT2D eigenvalue weighted by molar-refractivity contribution is -0.118. The van der Waals surface area contributed by atoms with Gasteiger partial charge in [0, 0.05) is 23.4 Å². The molecule has 3 aliphatic rings. The van der Waals surface area contributed by atoms with E-state index in [1.807, 2.05) is 19.1 Å². The lowest BCUT2D eigenvalue weighted by Crippen LogP contribution is -2.42. The Labute approximate surface area is 162 Å². The van der Waals surface area contributed by atoms with Gasteiger partial charge in [-0.1, -0.05) is 0 Å². The number of nitrogens with one attached hydrogen (secondary N) is 1. The molecule has 2 unspecified atom stereocenters. The number of aromatic nitrogens is 1. The van der Waals surface area contributed by atoms with Crippen LogP contribution in [0.5, 0.6) is 0 Å². The van der Waals surface area contributed by atoms with E-state index in [9.17, 15) is 4.79 Å². The second kappa shape index (κ2) is 6.50. The van der Waals surface area contributed by atoms with Crippen LogP contribution in [0.2, 0.25) is 0 Å². The number of nitrogens with zero attached hydrogens (tertiary/aromatic N) is 2. The van der Waals surface area contributed by atoms with Gasteiger partial charge in [-0.3, -0.25) is 9.69 Å². The molecule has 26 heavy (non-hydrogen) atoms. The van der Waals surface area contributed by atoms with Crippen molar-refractivity contribution >= 4 is 44.9 Å². The smallest absolute Gasteiger partial charge is 0.228 e. The van der Waals surface area contributed by atoms with Crippen LogP contribution in [0.3, 0.4) is 0 Å². The first kappa shape index (κ1) is 17.0. The van der Waals surface area contributed by atoms with E-state index >= 15 is 0 Å². The van der Waals surface area contributed by atoms with Gasteiger partial charge in [0.15, 0.2) is 0 Å². The number of hydrogen-bond acceptors (Lipinski definition) is 5. The molecule has 6 heteroatoms. The van der Waals surface area contributed by atoms with Crippen LogP contribution in [0.15, 0.2) is 18.2 Å². The van der Waals surface area contributed by atoms with Crippen molar-refractivity contribution in [3.8, 4) is 0 Å². The highest BCUT2D eigenvalue weighted by atomic mass is 32.2. The maximum atomic E-state index is 12.8. The zero-order valence-corrected chi connectivity index (χ0v) is 16.8. The lowest BCUT2D eigenvalue weighted by atomic mass is 9.89. The first-order valence-electron chi connectivity index (χ1n) is 9.63. The summed E-state index contributed by atoms with van der Waals surface area (Å²) < 4.78 is 1.18. The second-order valence-electron chi connectivity index (χ2n) is 8.08. The summed E-state index contributed by atoms with van der Waals surface area (Å²) in [5.74, 6) is 3.03. The average Bonchev–Trinajstić information content (AvgIpc) is 3.00. The molecule has 1 spiro atoms. The van der Waals surface area contributed by atoms with E-state index in [2.05, 4.69) is 33.0 Å². The van der Waals surface area contributed by atoms with E-state index in [-0.39, 0.29) is 17.2 Å². The number of benzene rings is 1. The number of thioether (sulfide) groups is 1. The Morgan fingerprint density at radius 2 is 2.19 bits per heavy atom. The molecule has 138 valence electrons. The molecule has 0 bridgehead atoms. The van der Waals surface area contributed by atoms with Gasteiger partial charge in [0.05, 0.1) is 15.2 Å². The largest absolute Gasteiger partial charge is 0.326 e. The van der Waals surface area contributed by atoms with E-state index in [0.717, 1.165) is 28.7 Å². The third-order valence-corrected chi connectivity index (χ3v) is 8.58. The molecule has 2 aliphatic heterocycles. The van der Waals surface area contributed by atoms with E-state index in [1.165, 1.54) is 48.6 Å². The summed E-state index contributed by atoms with van der Waals surface area (Å²) >= 11 is 3.79. The SMILES string of the molecule is Cc1nc2cc(NC(=O)C3CC34CCN(C3CCSC3)CC4)ccc2s1. The quantitative estimate of drug-likeness (QED) is 0.859. The summed E-state index contributed by atoms with van der Waals surface area (Å²) in [6.45, 7) is 4.38. The number of likely N-dealkylation sites (tertiary alicyclic amines) is 1. The number of amides is 1. The molecule has 4 nitrogen and oxygen atoms in total. The Morgan fingerprint density at radius 1 is 1.35 bits per heavy atom. The van der Waals surface area contributed by atoms with Crippen LogP contribution in [0.1, 0.15) is 30.7 Å². The maximum Gasteiger partial charge on any atom is 0.228 e. The van der Waals surface area contributed by atoms with Crippen LogP contribution in [0.25, 0.3) is 10.2 Å². The zero-order chi connectivity index (χ0) is 17.7. The van der Waals surface area contributed by atoms with Gasteiger partial charge >= 0.3 is 0 Å². The van der Waals surface area contributed by atoms with Crippen LogP contribution in [-0.2, 0) is 4.79 Å². The molecule has 3 fully saturated rings. The molecule has 2 saturated heterocycles. The molecule has 1 aromatic carbocycles. The fourth-order valence-corrected chi connectivity index (χ4v) is 6.83. The Bertz CT molecular complexity index is 835. The Kier molecular flexibility index (Phi) is 4.25. The monoisotopic (exact) mass is 387 g/mol. The second-order valence-corrected chi connectivity index (χ2v) is 10.5. The average molecular weight is 388 g/mol. The van der Waals surface area contributed by atoms with Crippen LogP contribution in [-0.4, -0.2) is 46.4 Å². The van der Waals surface area contributed by atoms with Crippen LogP contribution in [0.4, 0.5) is 5.69 Å². The summed E-state index contributed by atoms with van der Waals surface area (Å²) in [5.41, 5.74) is 2.15. The highest BCUT2D eigenvalue weighted by molar-refractivity contribution is 7.99. The van der Waals surface area contributed by atoms with Crippen molar-refractivity contribution in [1.82, 2.24) is 9.88 Å². The third kappa shape index (κ3) is 3.06. The first-order valence-corrected chi connectivity index (χ1v) is 11.6. The number of thiazole rings is 1. The minimum absolute atomic E-state index is 0.204. The lowest BCUT2D eigenvalue weighted by Gasteiger charge is -2.36. The number of aryl methyl sites for hydroxylation is 1. The molecular weight excluding hydrogens is 362 g/mol.